The minimum Gasteiger partial charge on any atom is -0.481 e. The molecule has 73 heavy (non-hydrogen) atoms. The van der Waals surface area contributed by atoms with Gasteiger partial charge in [-0.2, -0.15) is 0 Å². The summed E-state index contributed by atoms with van der Waals surface area (Å²) in [7, 11) is 0. The fourth-order valence-electron chi connectivity index (χ4n) is 7.69. The second-order valence-corrected chi connectivity index (χ2v) is 18.6. The van der Waals surface area contributed by atoms with Crippen molar-refractivity contribution in [3.63, 3.8) is 0 Å². The number of ketones is 2. The van der Waals surface area contributed by atoms with Crippen LogP contribution in [0.5, 0.6) is 0 Å². The van der Waals surface area contributed by atoms with Crippen LogP contribution < -0.4 is 27.0 Å². The number of carbonyl (C=O) groups is 8. The van der Waals surface area contributed by atoms with Gasteiger partial charge < -0.3 is 56.2 Å². The summed E-state index contributed by atoms with van der Waals surface area (Å²) < 4.78 is 21.7. The van der Waals surface area contributed by atoms with E-state index in [0.717, 1.165) is 63.6 Å². The van der Waals surface area contributed by atoms with Crippen LogP contribution in [0.15, 0.2) is 24.3 Å². The molecule has 416 valence electrons. The van der Waals surface area contributed by atoms with Crippen molar-refractivity contribution in [1.82, 2.24) is 16.0 Å². The number of rotatable bonds is 52. The number of nitrogens with two attached hydrogens (primary N) is 1. The van der Waals surface area contributed by atoms with E-state index in [1.54, 1.807) is 12.1 Å². The number of primary amides is 1. The molecule has 0 aliphatic heterocycles. The van der Waals surface area contributed by atoms with Crippen LogP contribution in [0.4, 0.5) is 5.69 Å². The molecule has 0 aliphatic rings. The van der Waals surface area contributed by atoms with Gasteiger partial charge in [-0.15, -0.1) is 0 Å². The molecule has 0 unspecified atom stereocenters. The molecule has 0 heterocycles. The lowest BCUT2D eigenvalue weighted by Gasteiger charge is -2.15. The topological polar surface area (TPSA) is 288 Å². The molecule has 0 fully saturated rings. The van der Waals surface area contributed by atoms with Gasteiger partial charge in [-0.1, -0.05) is 90.4 Å². The lowest BCUT2D eigenvalue weighted by atomic mass is 10.0. The number of hydrogen-bond acceptors (Lipinski definition) is 13. The zero-order valence-corrected chi connectivity index (χ0v) is 44.0. The van der Waals surface area contributed by atoms with Gasteiger partial charge in [0.05, 0.1) is 26.4 Å². The van der Waals surface area contributed by atoms with Crippen LogP contribution in [-0.4, -0.2) is 135 Å². The maximum absolute atomic E-state index is 12.5. The van der Waals surface area contributed by atoms with Gasteiger partial charge in [0.25, 0.3) is 5.91 Å². The first-order valence-corrected chi connectivity index (χ1v) is 27.1. The molecule has 0 saturated heterocycles. The molecule has 1 aromatic carbocycles. The van der Waals surface area contributed by atoms with Crippen molar-refractivity contribution >= 4 is 52.8 Å². The van der Waals surface area contributed by atoms with Crippen LogP contribution in [0, 0.1) is 0 Å². The second kappa shape index (κ2) is 45.6. The first-order chi connectivity index (χ1) is 35.3. The summed E-state index contributed by atoms with van der Waals surface area (Å²) in [5, 5.41) is 29.6. The lowest BCUT2D eigenvalue weighted by Crippen LogP contribution is -2.45. The standard InChI is InChI=1S/C54H91N5O14/c1-2-3-33-56-44-29-27-43(28-30-44)53(67)57-34-19-18-24-47(52(55)66)58-50(63)42-73-40-38-71-36-21-23-46(61)41-72-39-37-70-35-20-22-45(60)31-32-48(54(68)69)59-49(62)25-16-14-12-10-8-6-4-5-7-9-11-13-15-17-26-51(64)65/h27-30,47-48,56H,2-26,31-42H2,1H3,(H2,55,66)(H,57,67)(H,58,63)(H,59,62)(H,64,65)(H,68,69)/t47-,48-/m0/s1. The van der Waals surface area contributed by atoms with E-state index in [2.05, 4.69) is 28.2 Å². The van der Waals surface area contributed by atoms with Crippen LogP contribution in [0.1, 0.15) is 191 Å². The van der Waals surface area contributed by atoms with Gasteiger partial charge in [-0.05, 0) is 82.1 Å². The van der Waals surface area contributed by atoms with Gasteiger partial charge in [-0.25, -0.2) is 4.79 Å². The third kappa shape index (κ3) is 40.1. The second-order valence-electron chi connectivity index (χ2n) is 18.6. The number of carbonyl (C=O) groups excluding carboxylic acids is 6. The molecular weight excluding hydrogens is 943 g/mol. The molecule has 0 aromatic heterocycles. The van der Waals surface area contributed by atoms with Crippen LogP contribution in [0.25, 0.3) is 0 Å². The highest BCUT2D eigenvalue weighted by molar-refractivity contribution is 5.94. The first-order valence-electron chi connectivity index (χ1n) is 27.1. The van der Waals surface area contributed by atoms with Crippen molar-refractivity contribution in [3.05, 3.63) is 29.8 Å². The number of carboxylic acid groups (broad SMARTS) is 2. The van der Waals surface area contributed by atoms with Gasteiger partial charge in [0, 0.05) is 69.7 Å². The number of benzene rings is 1. The van der Waals surface area contributed by atoms with E-state index in [-0.39, 0.29) is 102 Å². The zero-order valence-electron chi connectivity index (χ0n) is 44.0. The number of carboxylic acids is 2. The predicted molar refractivity (Wildman–Crippen MR) is 279 cm³/mol. The zero-order chi connectivity index (χ0) is 53.6. The number of ether oxygens (including phenoxy) is 4. The Labute approximate surface area is 434 Å². The van der Waals surface area contributed by atoms with Crippen molar-refractivity contribution in [2.45, 2.75) is 192 Å². The number of aliphatic carboxylic acids is 2. The highest BCUT2D eigenvalue weighted by atomic mass is 16.5. The molecule has 0 saturated carbocycles. The summed E-state index contributed by atoms with van der Waals surface area (Å²) in [6.45, 7) is 4.48. The van der Waals surface area contributed by atoms with Crippen LogP contribution >= 0.6 is 0 Å². The minimum absolute atomic E-state index is 0.0277. The Morgan fingerprint density at radius 3 is 1.56 bits per heavy atom. The highest BCUT2D eigenvalue weighted by Crippen LogP contribution is 2.15. The van der Waals surface area contributed by atoms with Crippen LogP contribution in [0.3, 0.4) is 0 Å². The van der Waals surface area contributed by atoms with Crippen molar-refractivity contribution in [2.75, 3.05) is 71.3 Å². The third-order valence-corrected chi connectivity index (χ3v) is 12.0. The number of nitrogens with one attached hydrogen (secondary N) is 4. The van der Waals surface area contributed by atoms with Gasteiger partial charge in [0.2, 0.25) is 17.7 Å². The summed E-state index contributed by atoms with van der Waals surface area (Å²) in [5.41, 5.74) is 7.00. The van der Waals surface area contributed by atoms with E-state index in [4.69, 9.17) is 29.8 Å². The number of unbranched alkanes of at least 4 members (excludes halogenated alkanes) is 15. The smallest absolute Gasteiger partial charge is 0.326 e. The highest BCUT2D eigenvalue weighted by Gasteiger charge is 2.21. The largest absolute Gasteiger partial charge is 0.481 e. The van der Waals surface area contributed by atoms with E-state index in [1.165, 1.54) is 44.9 Å². The quantitative estimate of drug-likeness (QED) is 0.0317. The summed E-state index contributed by atoms with van der Waals surface area (Å²) >= 11 is 0. The molecule has 0 radical (unpaired) electrons. The van der Waals surface area contributed by atoms with Gasteiger partial charge in [-0.3, -0.25) is 33.6 Å². The fraction of sp³-hybridized carbons (Fsp3) is 0.741. The van der Waals surface area contributed by atoms with Crippen molar-refractivity contribution in [3.8, 4) is 0 Å². The maximum Gasteiger partial charge on any atom is 0.326 e. The van der Waals surface area contributed by atoms with Crippen molar-refractivity contribution in [2.24, 2.45) is 5.73 Å². The maximum atomic E-state index is 12.5. The average molecular weight is 1030 g/mol. The normalized spacial score (nSPS) is 11.9. The number of Topliss-reactive ketones (excluding diaryl/α,β-unsaturated/α-hetero) is 2. The number of amides is 4. The monoisotopic (exact) mass is 1030 g/mol. The molecule has 0 bridgehead atoms. The summed E-state index contributed by atoms with van der Waals surface area (Å²) in [4.78, 5) is 95.8. The van der Waals surface area contributed by atoms with E-state index in [1.807, 2.05) is 12.1 Å². The lowest BCUT2D eigenvalue weighted by molar-refractivity contribution is -0.142. The molecule has 1 rings (SSSR count). The Bertz CT molecular complexity index is 1680. The molecule has 8 N–H and O–H groups in total. The summed E-state index contributed by atoms with van der Waals surface area (Å²) in [6.07, 6.45) is 20.7. The molecule has 2 atom stereocenters. The van der Waals surface area contributed by atoms with Crippen LogP contribution in [0.2, 0.25) is 0 Å². The molecule has 19 nitrogen and oxygen atoms in total. The molecular formula is C54H91N5O14. The third-order valence-electron chi connectivity index (χ3n) is 12.0. The van der Waals surface area contributed by atoms with Gasteiger partial charge >= 0.3 is 11.9 Å². The van der Waals surface area contributed by atoms with Gasteiger partial charge in [0.1, 0.15) is 31.1 Å². The van der Waals surface area contributed by atoms with E-state index >= 15 is 0 Å². The van der Waals surface area contributed by atoms with E-state index < -0.39 is 35.8 Å². The fourth-order valence-corrected chi connectivity index (χ4v) is 7.69. The molecule has 1 aromatic rings. The molecule has 0 spiro atoms. The van der Waals surface area contributed by atoms with E-state index in [9.17, 15) is 43.5 Å². The van der Waals surface area contributed by atoms with Crippen molar-refractivity contribution in [1.29, 1.82) is 0 Å². The Kier molecular flexibility index (Phi) is 41.3. The Morgan fingerprint density at radius 2 is 1.01 bits per heavy atom. The Balaban J connectivity index is 1.97. The number of hydrogen-bond donors (Lipinski definition) is 7. The van der Waals surface area contributed by atoms with Crippen molar-refractivity contribution < 1.29 is 67.5 Å². The van der Waals surface area contributed by atoms with E-state index in [0.29, 0.717) is 63.8 Å². The summed E-state index contributed by atoms with van der Waals surface area (Å²) in [6, 6.07) is 5.31. The minimum atomic E-state index is -1.16. The molecule has 19 heteroatoms. The average Bonchev–Trinajstić information content (AvgIpc) is 3.36. The molecule has 4 amide bonds. The predicted octanol–water partition coefficient (Wildman–Crippen LogP) is 7.21. The first kappa shape index (κ1) is 66.0. The Hall–Kier alpha value is -4.98. The number of anilines is 1. The van der Waals surface area contributed by atoms with Crippen LogP contribution in [-0.2, 0) is 52.5 Å². The molecule has 0 aliphatic carbocycles. The van der Waals surface area contributed by atoms with Gasteiger partial charge in [0.15, 0.2) is 5.78 Å². The summed E-state index contributed by atoms with van der Waals surface area (Å²) in [5.74, 6) is -3.73. The Morgan fingerprint density at radius 1 is 0.493 bits per heavy atom. The SMILES string of the molecule is CCCCNc1ccc(C(=O)NCCCC[C@H](NC(=O)COCCOCCCC(=O)COCCOCCCC(=O)CC[C@H](NC(=O)CCCCCCCCCCCCCCCCC(=O)O)C(=O)O)C(N)=O)cc1.